The van der Waals surface area contributed by atoms with Gasteiger partial charge >= 0.3 is 0 Å². The number of rotatable bonds is 11. The fourth-order valence-corrected chi connectivity index (χ4v) is 4.12. The van der Waals surface area contributed by atoms with Crippen molar-refractivity contribution in [2.24, 2.45) is 5.10 Å². The fraction of sp³-hybridized carbons (Fsp3) is 0.222. The third kappa shape index (κ3) is 8.76. The van der Waals surface area contributed by atoms with Gasteiger partial charge in [0.05, 0.1) is 18.2 Å². The molecule has 3 rings (SSSR count). The van der Waals surface area contributed by atoms with E-state index in [1.54, 1.807) is 36.4 Å². The number of benzene rings is 3. The summed E-state index contributed by atoms with van der Waals surface area (Å²) in [7, 11) is -3.68. The van der Waals surface area contributed by atoms with Crippen LogP contribution in [0, 0.1) is 13.8 Å². The second kappa shape index (κ2) is 12.7. The van der Waals surface area contributed by atoms with Gasteiger partial charge in [-0.15, -0.1) is 0 Å². The lowest BCUT2D eigenvalue weighted by Gasteiger charge is -2.22. The molecule has 0 spiro atoms. The van der Waals surface area contributed by atoms with Crippen LogP contribution in [0.15, 0.2) is 77.9 Å². The van der Waals surface area contributed by atoms with Crippen LogP contribution in [0.4, 0.5) is 5.69 Å². The van der Waals surface area contributed by atoms with E-state index in [0.29, 0.717) is 23.5 Å². The van der Waals surface area contributed by atoms with E-state index in [2.05, 4.69) is 15.8 Å². The Labute approximate surface area is 217 Å². The molecule has 0 unspecified atom stereocenters. The maximum absolute atomic E-state index is 12.4. The van der Waals surface area contributed by atoms with E-state index in [1.807, 2.05) is 50.2 Å². The van der Waals surface area contributed by atoms with Crippen LogP contribution in [-0.4, -0.2) is 45.9 Å². The summed E-state index contributed by atoms with van der Waals surface area (Å²) in [4.78, 5) is 24.4. The maximum atomic E-state index is 12.4. The van der Waals surface area contributed by atoms with Crippen molar-refractivity contribution in [1.82, 2.24) is 10.7 Å². The summed E-state index contributed by atoms with van der Waals surface area (Å²) in [5, 5.41) is 6.70. The topological polar surface area (TPSA) is 117 Å². The molecule has 0 saturated carbocycles. The van der Waals surface area contributed by atoms with Crippen molar-refractivity contribution >= 4 is 33.7 Å². The van der Waals surface area contributed by atoms with Gasteiger partial charge in [-0.1, -0.05) is 36.4 Å². The first-order chi connectivity index (χ1) is 17.6. The quantitative estimate of drug-likeness (QED) is 0.297. The van der Waals surface area contributed by atoms with Crippen LogP contribution in [0.25, 0.3) is 0 Å². The molecule has 10 heteroatoms. The smallest absolute Gasteiger partial charge is 0.260 e. The second-order valence-electron chi connectivity index (χ2n) is 8.45. The van der Waals surface area contributed by atoms with Crippen molar-refractivity contribution in [3.05, 3.63) is 95.1 Å². The summed E-state index contributed by atoms with van der Waals surface area (Å²) >= 11 is 0. The predicted octanol–water partition coefficient (Wildman–Crippen LogP) is 2.91. The van der Waals surface area contributed by atoms with E-state index < -0.39 is 22.5 Å². The minimum Gasteiger partial charge on any atom is -0.484 e. The minimum absolute atomic E-state index is 0.117. The first-order valence-corrected chi connectivity index (χ1v) is 13.4. The Morgan fingerprint density at radius 1 is 0.946 bits per heavy atom. The molecule has 0 aliphatic heterocycles. The molecule has 2 N–H and O–H groups in total. The molecule has 37 heavy (non-hydrogen) atoms. The lowest BCUT2D eigenvalue weighted by Crippen LogP contribution is -2.39. The van der Waals surface area contributed by atoms with E-state index >= 15 is 0 Å². The molecule has 3 aromatic rings. The Hall–Kier alpha value is -4.18. The fourth-order valence-electron chi connectivity index (χ4n) is 3.27. The highest BCUT2D eigenvalue weighted by Gasteiger charge is 2.21. The summed E-state index contributed by atoms with van der Waals surface area (Å²) < 4.78 is 31.0. The normalized spacial score (nSPS) is 11.2. The van der Waals surface area contributed by atoms with E-state index in [0.717, 1.165) is 27.3 Å². The van der Waals surface area contributed by atoms with Crippen molar-refractivity contribution < 1.29 is 22.7 Å². The SMILES string of the molecule is Cc1ccc(N(CC(=O)N/N=C\c2ccc(OCC(=O)NCc3ccccc3)cc2)S(C)(=O)=O)cc1C. The maximum Gasteiger partial charge on any atom is 0.260 e. The molecule has 0 aliphatic rings. The van der Waals surface area contributed by atoms with Gasteiger partial charge in [0.25, 0.3) is 11.8 Å². The van der Waals surface area contributed by atoms with Crippen LogP contribution >= 0.6 is 0 Å². The first-order valence-electron chi connectivity index (χ1n) is 11.5. The number of hydrazone groups is 1. The predicted molar refractivity (Wildman–Crippen MR) is 144 cm³/mol. The lowest BCUT2D eigenvalue weighted by atomic mass is 10.1. The molecule has 3 aromatic carbocycles. The summed E-state index contributed by atoms with van der Waals surface area (Å²) in [6.45, 7) is 3.71. The average Bonchev–Trinajstić information content (AvgIpc) is 2.87. The molecule has 0 heterocycles. The van der Waals surface area contributed by atoms with Crippen LogP contribution in [0.1, 0.15) is 22.3 Å². The Kier molecular flexibility index (Phi) is 9.39. The number of anilines is 1. The van der Waals surface area contributed by atoms with Gasteiger partial charge in [0.2, 0.25) is 10.0 Å². The first kappa shape index (κ1) is 27.4. The number of hydrogen-bond acceptors (Lipinski definition) is 6. The molecule has 0 radical (unpaired) electrons. The molecule has 0 bridgehead atoms. The number of aryl methyl sites for hydroxylation is 2. The van der Waals surface area contributed by atoms with Gasteiger partial charge in [-0.2, -0.15) is 5.10 Å². The van der Waals surface area contributed by atoms with Gasteiger partial charge in [-0.25, -0.2) is 13.8 Å². The van der Waals surface area contributed by atoms with Crippen molar-refractivity contribution in [2.45, 2.75) is 20.4 Å². The zero-order valence-corrected chi connectivity index (χ0v) is 21.8. The number of carbonyl (C=O) groups is 2. The van der Waals surface area contributed by atoms with Crippen molar-refractivity contribution in [1.29, 1.82) is 0 Å². The highest BCUT2D eigenvalue weighted by Crippen LogP contribution is 2.21. The minimum atomic E-state index is -3.68. The Morgan fingerprint density at radius 2 is 1.65 bits per heavy atom. The second-order valence-corrected chi connectivity index (χ2v) is 10.4. The third-order valence-corrected chi connectivity index (χ3v) is 6.59. The zero-order chi connectivity index (χ0) is 26.8. The van der Waals surface area contributed by atoms with Gasteiger partial charge in [0.15, 0.2) is 6.61 Å². The molecule has 0 fully saturated rings. The molecular weight excluding hydrogens is 492 g/mol. The van der Waals surface area contributed by atoms with E-state index in [4.69, 9.17) is 4.74 Å². The molecule has 194 valence electrons. The molecule has 0 aliphatic carbocycles. The molecule has 9 nitrogen and oxygen atoms in total. The Morgan fingerprint density at radius 3 is 2.30 bits per heavy atom. The molecule has 0 atom stereocenters. The zero-order valence-electron chi connectivity index (χ0n) is 21.0. The van der Waals surface area contributed by atoms with Crippen LogP contribution in [0.3, 0.4) is 0 Å². The lowest BCUT2D eigenvalue weighted by molar-refractivity contribution is -0.123. The standard InChI is InChI=1S/C27H30N4O5S/c1-20-9-12-24(15-21(20)2)31(37(3,34)35)18-26(32)30-29-17-23-10-13-25(14-11-23)36-19-27(33)28-16-22-7-5-4-6-8-22/h4-15,17H,16,18-19H2,1-3H3,(H,28,33)(H,30,32)/b29-17-. The molecule has 0 aromatic heterocycles. The van der Waals surface area contributed by atoms with Gasteiger partial charge in [-0.05, 0) is 72.5 Å². The molecular formula is C27H30N4O5S. The summed E-state index contributed by atoms with van der Waals surface area (Å²) in [6, 6.07) is 21.6. The number of amides is 2. The van der Waals surface area contributed by atoms with Crippen molar-refractivity contribution in [3.8, 4) is 5.75 Å². The van der Waals surface area contributed by atoms with Gasteiger partial charge < -0.3 is 10.1 Å². The number of nitrogens with zero attached hydrogens (tertiary/aromatic N) is 2. The highest BCUT2D eigenvalue weighted by molar-refractivity contribution is 7.92. The van der Waals surface area contributed by atoms with Crippen LogP contribution in [-0.2, 0) is 26.2 Å². The molecule has 0 saturated heterocycles. The Bertz CT molecular complexity index is 1360. The number of nitrogens with one attached hydrogen (secondary N) is 2. The summed E-state index contributed by atoms with van der Waals surface area (Å²) in [6.07, 6.45) is 2.48. The van der Waals surface area contributed by atoms with Crippen molar-refractivity contribution in [3.63, 3.8) is 0 Å². The average molecular weight is 523 g/mol. The number of sulfonamides is 1. The number of carbonyl (C=O) groups excluding carboxylic acids is 2. The molecule has 2 amide bonds. The van der Waals surface area contributed by atoms with Gasteiger partial charge in [0, 0.05) is 6.54 Å². The summed E-state index contributed by atoms with van der Waals surface area (Å²) in [5.41, 5.74) is 6.38. The van der Waals surface area contributed by atoms with E-state index in [1.165, 1.54) is 6.21 Å². The number of ether oxygens (including phenoxy) is 1. The van der Waals surface area contributed by atoms with Crippen molar-refractivity contribution in [2.75, 3.05) is 23.7 Å². The monoisotopic (exact) mass is 522 g/mol. The summed E-state index contributed by atoms with van der Waals surface area (Å²) in [5.74, 6) is -0.309. The van der Waals surface area contributed by atoms with Gasteiger partial charge in [0.1, 0.15) is 12.3 Å². The highest BCUT2D eigenvalue weighted by atomic mass is 32.2. The largest absolute Gasteiger partial charge is 0.484 e. The Balaban J connectivity index is 1.48. The van der Waals surface area contributed by atoms with Gasteiger partial charge in [-0.3, -0.25) is 13.9 Å². The van der Waals surface area contributed by atoms with Crippen LogP contribution < -0.4 is 19.8 Å². The van der Waals surface area contributed by atoms with Crippen LogP contribution in [0.2, 0.25) is 0 Å². The van der Waals surface area contributed by atoms with E-state index in [-0.39, 0.29) is 12.5 Å². The van der Waals surface area contributed by atoms with Crippen LogP contribution in [0.5, 0.6) is 5.75 Å². The number of hydrogen-bond donors (Lipinski definition) is 2. The third-order valence-electron chi connectivity index (χ3n) is 5.45. The van der Waals surface area contributed by atoms with E-state index in [9.17, 15) is 18.0 Å².